The fourth-order valence-electron chi connectivity index (χ4n) is 3.93. The van der Waals surface area contributed by atoms with E-state index in [9.17, 15) is 4.79 Å². The minimum absolute atomic E-state index is 0.325. The number of thiazole rings is 1. The molecule has 0 atom stereocenters. The second-order valence-electron chi connectivity index (χ2n) is 8.98. The monoisotopic (exact) mass is 660 g/mol. The predicted octanol–water partition coefficient (Wildman–Crippen LogP) is 8.71. The molecule has 2 N–H and O–H groups in total. The molecule has 0 spiro atoms. The smallest absolute Gasteiger partial charge is 0.271 e. The van der Waals surface area contributed by atoms with Gasteiger partial charge in [-0.3, -0.25) is 4.79 Å². The van der Waals surface area contributed by atoms with Crippen LogP contribution in [0.1, 0.15) is 28.4 Å². The summed E-state index contributed by atoms with van der Waals surface area (Å²) in [6.45, 7) is 2.72. The van der Waals surface area contributed by atoms with E-state index < -0.39 is 0 Å². The van der Waals surface area contributed by atoms with Crippen molar-refractivity contribution in [3.05, 3.63) is 123 Å². The lowest BCUT2D eigenvalue weighted by atomic mass is 10.1. The number of rotatable bonds is 11. The van der Waals surface area contributed by atoms with Crippen molar-refractivity contribution in [1.29, 1.82) is 0 Å². The molecule has 0 aliphatic rings. The first kappa shape index (κ1) is 29.3. The van der Waals surface area contributed by atoms with Gasteiger partial charge in [0.25, 0.3) is 5.91 Å². The maximum Gasteiger partial charge on any atom is 0.271 e. The summed E-state index contributed by atoms with van der Waals surface area (Å²) in [4.78, 5) is 17.4. The Labute approximate surface area is 261 Å². The van der Waals surface area contributed by atoms with Crippen molar-refractivity contribution < 1.29 is 14.3 Å². The Bertz CT molecular complexity index is 1680. The summed E-state index contributed by atoms with van der Waals surface area (Å²) >= 11 is 11.1. The molecule has 0 saturated carbocycles. The summed E-state index contributed by atoms with van der Waals surface area (Å²) in [6.07, 6.45) is 1.55. The van der Waals surface area contributed by atoms with E-state index in [0.717, 1.165) is 33.2 Å². The number of hydrogen-bond donors (Lipinski definition) is 2. The predicted molar refractivity (Wildman–Crippen MR) is 173 cm³/mol. The molecule has 212 valence electrons. The Hall–Kier alpha value is -4.18. The van der Waals surface area contributed by atoms with Gasteiger partial charge in [-0.1, -0.05) is 54.1 Å². The van der Waals surface area contributed by atoms with E-state index in [-0.39, 0.29) is 5.91 Å². The number of para-hydroxylation sites is 1. The van der Waals surface area contributed by atoms with Gasteiger partial charge in [0.15, 0.2) is 16.6 Å². The van der Waals surface area contributed by atoms with Crippen LogP contribution in [0.4, 0.5) is 10.8 Å². The summed E-state index contributed by atoms with van der Waals surface area (Å²) in [5.41, 5.74) is 7.50. The molecule has 0 aliphatic heterocycles. The minimum atomic E-state index is -0.325. The number of benzene rings is 4. The first-order valence-electron chi connectivity index (χ1n) is 13.0. The third-order valence-corrected chi connectivity index (χ3v) is 7.58. The highest BCUT2D eigenvalue weighted by Crippen LogP contribution is 2.37. The van der Waals surface area contributed by atoms with Gasteiger partial charge in [0.05, 0.1) is 23.0 Å². The van der Waals surface area contributed by atoms with Crippen molar-refractivity contribution in [1.82, 2.24) is 10.4 Å². The molecule has 10 heteroatoms. The number of hydrogen-bond acceptors (Lipinski definition) is 7. The van der Waals surface area contributed by atoms with Gasteiger partial charge in [0, 0.05) is 27.2 Å². The number of amides is 1. The van der Waals surface area contributed by atoms with Crippen LogP contribution in [0, 0.1) is 0 Å². The van der Waals surface area contributed by atoms with Crippen LogP contribution in [0.25, 0.3) is 11.3 Å². The van der Waals surface area contributed by atoms with Gasteiger partial charge >= 0.3 is 0 Å². The van der Waals surface area contributed by atoms with Crippen molar-refractivity contribution in [2.75, 3.05) is 11.9 Å². The zero-order chi connectivity index (χ0) is 29.3. The van der Waals surface area contributed by atoms with Gasteiger partial charge < -0.3 is 14.8 Å². The molecule has 4 aromatic carbocycles. The first-order valence-corrected chi connectivity index (χ1v) is 15.1. The van der Waals surface area contributed by atoms with Crippen LogP contribution < -0.4 is 20.2 Å². The van der Waals surface area contributed by atoms with Crippen molar-refractivity contribution in [3.8, 4) is 22.8 Å². The van der Waals surface area contributed by atoms with Gasteiger partial charge in [0.2, 0.25) is 0 Å². The molecule has 0 saturated heterocycles. The molecule has 5 aromatic rings. The normalized spacial score (nSPS) is 10.9. The van der Waals surface area contributed by atoms with Gasteiger partial charge in [-0.15, -0.1) is 11.3 Å². The fraction of sp³-hybridized carbons (Fsp3) is 0.0938. The number of carbonyl (C=O) groups is 1. The zero-order valence-electron chi connectivity index (χ0n) is 22.5. The Morgan fingerprint density at radius 2 is 1.79 bits per heavy atom. The lowest BCUT2D eigenvalue weighted by Crippen LogP contribution is -2.17. The zero-order valence-corrected chi connectivity index (χ0v) is 25.7. The largest absolute Gasteiger partial charge is 0.490 e. The second kappa shape index (κ2) is 14.1. The number of hydrazone groups is 1. The van der Waals surface area contributed by atoms with Crippen LogP contribution in [0.15, 0.2) is 106 Å². The molecule has 0 aliphatic carbocycles. The number of ether oxygens (including phenoxy) is 2. The van der Waals surface area contributed by atoms with Gasteiger partial charge in [0.1, 0.15) is 6.61 Å². The summed E-state index contributed by atoms with van der Waals surface area (Å²) in [5.74, 6) is 0.819. The Kier molecular flexibility index (Phi) is 9.86. The summed E-state index contributed by atoms with van der Waals surface area (Å²) in [7, 11) is 0. The van der Waals surface area contributed by atoms with Gasteiger partial charge in [-0.2, -0.15) is 5.10 Å². The molecule has 0 unspecified atom stereocenters. The third kappa shape index (κ3) is 7.76. The highest BCUT2D eigenvalue weighted by molar-refractivity contribution is 9.10. The van der Waals surface area contributed by atoms with Gasteiger partial charge in [-0.05, 0) is 82.5 Å². The third-order valence-electron chi connectivity index (χ3n) is 5.98. The highest BCUT2D eigenvalue weighted by Gasteiger charge is 2.13. The summed E-state index contributed by atoms with van der Waals surface area (Å²) in [5, 5.41) is 10.9. The number of aromatic nitrogens is 1. The summed E-state index contributed by atoms with van der Waals surface area (Å²) in [6, 6.07) is 28.2. The van der Waals surface area contributed by atoms with Crippen LogP contribution in [0.2, 0.25) is 5.02 Å². The molecule has 0 bridgehead atoms. The van der Waals surface area contributed by atoms with Crippen LogP contribution in [0.5, 0.6) is 11.5 Å². The SMILES string of the molecule is CCOc1cc(/C=N\NC(=O)c2ccc(-c3csc(Nc4ccccc4)n3)cc2)cc(Br)c1OCc1ccc(Cl)cc1. The number of anilines is 2. The highest BCUT2D eigenvalue weighted by atomic mass is 79.9. The number of carbonyl (C=O) groups excluding carboxylic acids is 1. The number of nitrogens with zero attached hydrogens (tertiary/aromatic N) is 2. The average molecular weight is 662 g/mol. The van der Waals surface area contributed by atoms with E-state index in [1.54, 1.807) is 18.3 Å². The average Bonchev–Trinajstić information content (AvgIpc) is 3.47. The molecular weight excluding hydrogens is 636 g/mol. The Morgan fingerprint density at radius 3 is 2.52 bits per heavy atom. The van der Waals surface area contributed by atoms with Crippen LogP contribution >= 0.6 is 38.9 Å². The fourth-order valence-corrected chi connectivity index (χ4v) is 5.37. The standard InChI is InChI=1S/C32H26BrClN4O3S/c1-2-40-29-17-22(16-27(33)30(29)41-19-21-8-14-25(34)15-9-21)18-35-38-31(39)24-12-10-23(11-13-24)28-20-42-32(37-28)36-26-6-4-3-5-7-26/h3-18,20H,2,19H2,1H3,(H,36,37)(H,38,39)/b35-18-. The van der Waals surface area contributed by atoms with E-state index >= 15 is 0 Å². The number of nitrogens with one attached hydrogen (secondary N) is 2. The van der Waals surface area contributed by atoms with Crippen molar-refractivity contribution in [2.45, 2.75) is 13.5 Å². The van der Waals surface area contributed by atoms with E-state index in [1.165, 1.54) is 11.3 Å². The van der Waals surface area contributed by atoms with Crippen LogP contribution in [-0.2, 0) is 6.61 Å². The molecule has 42 heavy (non-hydrogen) atoms. The number of halogens is 2. The van der Waals surface area contributed by atoms with E-state index in [4.69, 9.17) is 21.1 Å². The van der Waals surface area contributed by atoms with E-state index in [1.807, 2.05) is 91.2 Å². The molecule has 0 radical (unpaired) electrons. The van der Waals surface area contributed by atoms with Gasteiger partial charge in [-0.25, -0.2) is 10.4 Å². The van der Waals surface area contributed by atoms with Crippen LogP contribution in [-0.4, -0.2) is 23.7 Å². The van der Waals surface area contributed by atoms with Crippen molar-refractivity contribution >= 4 is 61.8 Å². The molecule has 1 amide bonds. The maximum absolute atomic E-state index is 12.7. The van der Waals surface area contributed by atoms with E-state index in [0.29, 0.717) is 39.8 Å². The molecule has 5 rings (SSSR count). The quantitative estimate of drug-likeness (QED) is 0.109. The minimum Gasteiger partial charge on any atom is -0.490 e. The first-order chi connectivity index (χ1) is 20.5. The Balaban J connectivity index is 1.20. The molecule has 1 heterocycles. The summed E-state index contributed by atoms with van der Waals surface area (Å²) < 4.78 is 12.5. The molecule has 1 aromatic heterocycles. The maximum atomic E-state index is 12.7. The lowest BCUT2D eigenvalue weighted by molar-refractivity contribution is 0.0955. The van der Waals surface area contributed by atoms with Crippen molar-refractivity contribution in [2.24, 2.45) is 5.10 Å². The topological polar surface area (TPSA) is 84.8 Å². The molecule has 7 nitrogen and oxygen atoms in total. The molecular formula is C32H26BrClN4O3S. The Morgan fingerprint density at radius 1 is 1.02 bits per heavy atom. The second-order valence-corrected chi connectivity index (χ2v) is 11.1. The van der Waals surface area contributed by atoms with E-state index in [2.05, 4.69) is 36.8 Å². The van der Waals surface area contributed by atoms with Crippen LogP contribution in [0.3, 0.4) is 0 Å². The molecule has 0 fully saturated rings. The van der Waals surface area contributed by atoms with Crippen molar-refractivity contribution in [3.63, 3.8) is 0 Å². The lowest BCUT2D eigenvalue weighted by Gasteiger charge is -2.14.